The van der Waals surface area contributed by atoms with Gasteiger partial charge in [-0.25, -0.2) is 34.9 Å². The number of imidazole rings is 2. The third-order valence-corrected chi connectivity index (χ3v) is 15.7. The summed E-state index contributed by atoms with van der Waals surface area (Å²) in [5.74, 6) is 4.24. The van der Waals surface area contributed by atoms with Crippen molar-refractivity contribution in [1.82, 2.24) is 58.8 Å². The molecule has 21 nitrogen and oxygen atoms in total. The highest BCUT2D eigenvalue weighted by Crippen LogP contribution is 2.38. The molecule has 8 aromatic rings. The summed E-state index contributed by atoms with van der Waals surface area (Å²) in [6, 6.07) is 23.3. The van der Waals surface area contributed by atoms with Crippen LogP contribution < -0.4 is 24.0 Å². The van der Waals surface area contributed by atoms with Crippen molar-refractivity contribution in [3.05, 3.63) is 114 Å². The van der Waals surface area contributed by atoms with Crippen LogP contribution in [0.3, 0.4) is 0 Å². The first-order valence-corrected chi connectivity index (χ1v) is 27.0. The smallest absolute Gasteiger partial charge is 0.220 e. The first-order chi connectivity index (χ1) is 38.3. The SMILES string of the molecule is COc1ccc(CN2CCC(n3cnc4c(N5CCOCC5)nc(-c5cccc(C(O)C(O)c6cccc(-c7nc(N8CCOCC8)c8ncn(C9CCN(Cc%10ccc(OC)nc%10OC)CC9)c8n7)c6)c5)nc43)CC2)cn1. The maximum Gasteiger partial charge on any atom is 0.220 e. The average Bonchev–Trinajstić information content (AvgIpc) is 4.17. The maximum absolute atomic E-state index is 12.1. The Bertz CT molecular complexity index is 3350. The molecule has 0 spiro atoms. The zero-order valence-corrected chi connectivity index (χ0v) is 44.4. The molecule has 78 heavy (non-hydrogen) atoms. The molecule has 0 aliphatic carbocycles. The summed E-state index contributed by atoms with van der Waals surface area (Å²) in [4.78, 5) is 48.9. The van der Waals surface area contributed by atoms with Crippen LogP contribution in [0.4, 0.5) is 11.6 Å². The van der Waals surface area contributed by atoms with Gasteiger partial charge in [-0.2, -0.15) is 4.98 Å². The molecule has 4 saturated heterocycles. The molecule has 0 bridgehead atoms. The largest absolute Gasteiger partial charge is 0.481 e. The predicted octanol–water partition coefficient (Wildman–Crippen LogP) is 6.23. The molecule has 0 amide bonds. The van der Waals surface area contributed by atoms with Crippen molar-refractivity contribution >= 4 is 34.0 Å². The number of methoxy groups -OCH3 is 3. The van der Waals surface area contributed by atoms with Crippen molar-refractivity contribution in [2.45, 2.75) is 63.1 Å². The number of aromatic nitrogens is 10. The number of ether oxygens (including phenoxy) is 5. The average molecular weight is 1060 g/mol. The van der Waals surface area contributed by atoms with Gasteiger partial charge in [-0.05, 0) is 60.6 Å². The fourth-order valence-corrected chi connectivity index (χ4v) is 11.4. The van der Waals surface area contributed by atoms with E-state index < -0.39 is 12.2 Å². The minimum absolute atomic E-state index is 0.167. The zero-order valence-electron chi connectivity index (χ0n) is 44.4. The first-order valence-electron chi connectivity index (χ1n) is 27.0. The van der Waals surface area contributed by atoms with Gasteiger partial charge in [0.25, 0.3) is 0 Å². The highest BCUT2D eigenvalue weighted by atomic mass is 16.5. The Balaban J connectivity index is 0.794. The van der Waals surface area contributed by atoms with Gasteiger partial charge in [0.2, 0.25) is 17.6 Å². The van der Waals surface area contributed by atoms with E-state index >= 15 is 0 Å². The number of pyridine rings is 2. The highest BCUT2D eigenvalue weighted by molar-refractivity contribution is 5.87. The zero-order chi connectivity index (χ0) is 53.1. The number of aliphatic hydroxyl groups excluding tert-OH is 2. The highest BCUT2D eigenvalue weighted by Gasteiger charge is 2.30. The van der Waals surface area contributed by atoms with E-state index in [0.29, 0.717) is 111 Å². The monoisotopic (exact) mass is 1060 g/mol. The van der Waals surface area contributed by atoms with Crippen LogP contribution in [0.25, 0.3) is 45.1 Å². The van der Waals surface area contributed by atoms with Gasteiger partial charge in [0, 0.05) is 113 Å². The van der Waals surface area contributed by atoms with Gasteiger partial charge < -0.3 is 52.8 Å². The number of aliphatic hydroxyl groups is 2. The Hall–Kier alpha value is -7.40. The molecule has 0 radical (unpaired) electrons. The van der Waals surface area contributed by atoms with Crippen LogP contribution in [0.1, 0.15) is 72.2 Å². The number of piperidine rings is 2. The molecule has 2 N–H and O–H groups in total. The van der Waals surface area contributed by atoms with Crippen molar-refractivity contribution in [2.24, 2.45) is 0 Å². The van der Waals surface area contributed by atoms with Crippen LogP contribution in [0.5, 0.6) is 17.6 Å². The Morgan fingerprint density at radius 1 is 0.538 bits per heavy atom. The summed E-state index contributed by atoms with van der Waals surface area (Å²) in [5, 5.41) is 24.1. The summed E-state index contributed by atoms with van der Waals surface area (Å²) in [7, 11) is 4.87. The van der Waals surface area contributed by atoms with Crippen LogP contribution in [0, 0.1) is 0 Å². The van der Waals surface area contributed by atoms with E-state index in [2.05, 4.69) is 44.8 Å². The van der Waals surface area contributed by atoms with E-state index in [1.165, 1.54) is 0 Å². The lowest BCUT2D eigenvalue weighted by molar-refractivity contribution is 0.0173. The summed E-state index contributed by atoms with van der Waals surface area (Å²) < 4.78 is 32.1. The summed E-state index contributed by atoms with van der Waals surface area (Å²) in [6.07, 6.45) is 6.81. The van der Waals surface area contributed by atoms with Crippen molar-refractivity contribution in [2.75, 3.05) is 110 Å². The minimum atomic E-state index is -1.28. The fourth-order valence-electron chi connectivity index (χ4n) is 11.4. The molecule has 0 saturated carbocycles. The molecule has 12 rings (SSSR count). The lowest BCUT2D eigenvalue weighted by Gasteiger charge is -2.33. The molecule has 4 aliphatic rings. The molecule has 6 aromatic heterocycles. The topological polar surface area (TPSA) is 213 Å². The fraction of sp³-hybridized carbons (Fsp3) is 0.439. The second-order valence-corrected chi connectivity index (χ2v) is 20.5. The Labute approximate surface area is 452 Å². The van der Waals surface area contributed by atoms with Crippen LogP contribution >= 0.6 is 0 Å². The molecule has 4 aliphatic heterocycles. The molecule has 2 atom stereocenters. The lowest BCUT2D eigenvalue weighted by atomic mass is 9.95. The molecular weight excluding hydrogens is 993 g/mol. The van der Waals surface area contributed by atoms with Crippen LogP contribution in [-0.4, -0.2) is 169 Å². The van der Waals surface area contributed by atoms with Gasteiger partial charge in [0.15, 0.2) is 45.6 Å². The summed E-state index contributed by atoms with van der Waals surface area (Å²) in [5.41, 5.74) is 7.67. The first kappa shape index (κ1) is 51.4. The van der Waals surface area contributed by atoms with Gasteiger partial charge in [0.1, 0.15) is 12.2 Å². The van der Waals surface area contributed by atoms with E-state index in [1.807, 2.05) is 85.6 Å². The second kappa shape index (κ2) is 22.9. The van der Waals surface area contributed by atoms with Gasteiger partial charge in [-0.3, -0.25) is 9.80 Å². The van der Waals surface area contributed by atoms with Crippen molar-refractivity contribution in [3.8, 4) is 40.4 Å². The van der Waals surface area contributed by atoms with Crippen LogP contribution in [0.2, 0.25) is 0 Å². The number of morpholine rings is 2. The maximum atomic E-state index is 12.1. The molecule has 10 heterocycles. The molecule has 2 aromatic carbocycles. The number of benzene rings is 2. The van der Waals surface area contributed by atoms with Crippen molar-refractivity contribution in [1.29, 1.82) is 0 Å². The third kappa shape index (κ3) is 10.6. The molecule has 2 unspecified atom stereocenters. The van der Waals surface area contributed by atoms with Gasteiger partial charge in [-0.15, -0.1) is 0 Å². The van der Waals surface area contributed by atoms with Gasteiger partial charge in [-0.1, -0.05) is 42.5 Å². The summed E-state index contributed by atoms with van der Waals surface area (Å²) >= 11 is 0. The lowest BCUT2D eigenvalue weighted by Crippen LogP contribution is -2.37. The van der Waals surface area contributed by atoms with Gasteiger partial charge >= 0.3 is 0 Å². The third-order valence-electron chi connectivity index (χ3n) is 15.7. The van der Waals surface area contributed by atoms with E-state index in [9.17, 15) is 10.2 Å². The number of hydrogen-bond acceptors (Lipinski definition) is 19. The van der Waals surface area contributed by atoms with Crippen molar-refractivity contribution in [3.63, 3.8) is 0 Å². The number of hydrogen-bond donors (Lipinski definition) is 2. The number of anilines is 2. The minimum Gasteiger partial charge on any atom is -0.481 e. The van der Waals surface area contributed by atoms with E-state index in [1.54, 1.807) is 21.3 Å². The predicted molar refractivity (Wildman–Crippen MR) is 293 cm³/mol. The Morgan fingerprint density at radius 3 is 1.51 bits per heavy atom. The molecule has 406 valence electrons. The van der Waals surface area contributed by atoms with Gasteiger partial charge in [0.05, 0.1) is 60.4 Å². The Kier molecular flexibility index (Phi) is 15.1. The van der Waals surface area contributed by atoms with Crippen molar-refractivity contribution < 1.29 is 33.9 Å². The quantitative estimate of drug-likeness (QED) is 0.110. The van der Waals surface area contributed by atoms with E-state index in [-0.39, 0.29) is 12.1 Å². The standard InChI is InChI=1S/C57H66N14O7/c1-74-45-12-10-37(32-58-45)33-66-18-14-43(15-19-66)70-35-59-47-53(68-22-26-77-27-23-68)62-51(64-55(47)70)40-8-4-6-38(30-40)49(72)50(73)39-7-5-9-41(31-39)52-63-54(69-24-28-78-29-25-69)48-56(65-52)71(36-60-48)44-16-20-67(21-17-44)34-42-11-13-46(75-2)61-57(42)76-3/h4-13,30-32,35-36,43-44,49-50,72-73H,14-29,33-34H2,1-3H3. The summed E-state index contributed by atoms with van der Waals surface area (Å²) in [6.45, 7) is 10.2. The molecule has 4 fully saturated rings. The van der Waals surface area contributed by atoms with Crippen LogP contribution in [-0.2, 0) is 22.6 Å². The molecule has 21 heteroatoms. The molecular formula is C57H66N14O7. The normalized spacial score (nSPS) is 18.2. The Morgan fingerprint density at radius 2 is 1.04 bits per heavy atom. The van der Waals surface area contributed by atoms with E-state index in [4.69, 9.17) is 53.6 Å². The number of fused-ring (bicyclic) bond motifs is 2. The van der Waals surface area contributed by atoms with E-state index in [0.717, 1.165) is 103 Å². The number of rotatable bonds is 16. The van der Waals surface area contributed by atoms with Crippen LogP contribution in [0.15, 0.2) is 91.6 Å². The second-order valence-electron chi connectivity index (χ2n) is 20.5. The number of likely N-dealkylation sites (tertiary alicyclic amines) is 2. The number of nitrogens with zero attached hydrogens (tertiary/aromatic N) is 14.